The first-order valence-corrected chi connectivity index (χ1v) is 10.4. The Labute approximate surface area is 177 Å². The number of halogens is 2. The summed E-state index contributed by atoms with van der Waals surface area (Å²) in [6, 6.07) is 13.5. The minimum atomic E-state index is 0.367. The highest BCUT2D eigenvalue weighted by Crippen LogP contribution is 2.29. The third kappa shape index (κ3) is 3.97. The van der Waals surface area contributed by atoms with E-state index < -0.39 is 0 Å². The van der Waals surface area contributed by atoms with Crippen LogP contribution < -0.4 is 9.64 Å². The molecule has 0 bridgehead atoms. The van der Waals surface area contributed by atoms with Crippen molar-refractivity contribution in [1.82, 2.24) is 9.38 Å². The minimum Gasteiger partial charge on any atom is -0.485 e. The summed E-state index contributed by atoms with van der Waals surface area (Å²) in [7, 11) is 2.08. The number of rotatable bonds is 6. The molecule has 1 aromatic carbocycles. The highest BCUT2D eigenvalue weighted by Gasteiger charge is 2.16. The Bertz CT molecular complexity index is 1090. The average molecular weight is 432 g/mol. The molecule has 28 heavy (non-hydrogen) atoms. The van der Waals surface area contributed by atoms with Crippen molar-refractivity contribution in [3.05, 3.63) is 80.2 Å². The van der Waals surface area contributed by atoms with Crippen molar-refractivity contribution in [2.45, 2.75) is 20.1 Å². The lowest BCUT2D eigenvalue weighted by Crippen LogP contribution is -2.18. The Morgan fingerprint density at radius 2 is 1.93 bits per heavy atom. The topological polar surface area (TPSA) is 29.8 Å². The van der Waals surface area contributed by atoms with E-state index in [1.54, 1.807) is 17.4 Å². The fourth-order valence-corrected chi connectivity index (χ4v) is 4.61. The summed E-state index contributed by atoms with van der Waals surface area (Å²) in [6.07, 6.45) is 2.01. The Kier molecular flexibility index (Phi) is 5.49. The Balaban J connectivity index is 1.62. The van der Waals surface area contributed by atoms with Crippen LogP contribution in [0.25, 0.3) is 5.65 Å². The van der Waals surface area contributed by atoms with Gasteiger partial charge < -0.3 is 9.64 Å². The average Bonchev–Trinajstić information content (AvgIpc) is 3.25. The predicted molar refractivity (Wildman–Crippen MR) is 117 cm³/mol. The number of nitrogens with zero attached hydrogens (tertiary/aromatic N) is 3. The number of hydrogen-bond acceptors (Lipinski definition) is 4. The van der Waals surface area contributed by atoms with E-state index in [2.05, 4.69) is 33.9 Å². The molecular formula is C21H19Cl2N3OS. The first-order chi connectivity index (χ1) is 13.5. The molecule has 0 amide bonds. The quantitative estimate of drug-likeness (QED) is 0.362. The number of pyridine rings is 1. The molecule has 144 valence electrons. The molecule has 7 heteroatoms. The van der Waals surface area contributed by atoms with Crippen LogP contribution in [0, 0.1) is 6.92 Å². The Morgan fingerprint density at radius 3 is 2.64 bits per heavy atom. The van der Waals surface area contributed by atoms with Gasteiger partial charge in [-0.25, -0.2) is 4.98 Å². The number of anilines is 1. The van der Waals surface area contributed by atoms with Crippen LogP contribution in [-0.2, 0) is 13.2 Å². The van der Waals surface area contributed by atoms with Crippen molar-refractivity contribution >= 4 is 46.0 Å². The highest BCUT2D eigenvalue weighted by molar-refractivity contribution is 7.09. The minimum absolute atomic E-state index is 0.367. The van der Waals surface area contributed by atoms with Crippen LogP contribution in [-0.4, -0.2) is 16.4 Å². The molecule has 4 rings (SSSR count). The Hall–Kier alpha value is -2.21. The molecule has 0 atom stereocenters. The monoisotopic (exact) mass is 431 g/mol. The first-order valence-electron chi connectivity index (χ1n) is 8.80. The molecule has 0 N–H and O–H groups in total. The second kappa shape index (κ2) is 8.03. The smallest absolute Gasteiger partial charge is 0.181 e. The van der Waals surface area contributed by atoms with Gasteiger partial charge in [0.15, 0.2) is 11.4 Å². The summed E-state index contributed by atoms with van der Waals surface area (Å²) >= 11 is 13.9. The number of hydrogen-bond donors (Lipinski definition) is 0. The second-order valence-electron chi connectivity index (χ2n) is 6.59. The van der Waals surface area contributed by atoms with Crippen LogP contribution in [0.15, 0.2) is 54.0 Å². The maximum Gasteiger partial charge on any atom is 0.181 e. The van der Waals surface area contributed by atoms with Gasteiger partial charge in [0, 0.05) is 28.2 Å². The fourth-order valence-electron chi connectivity index (χ4n) is 3.28. The normalized spacial score (nSPS) is 11.1. The first kappa shape index (κ1) is 19.1. The van der Waals surface area contributed by atoms with Crippen molar-refractivity contribution < 1.29 is 4.74 Å². The zero-order valence-corrected chi connectivity index (χ0v) is 17.9. The lowest BCUT2D eigenvalue weighted by molar-refractivity contribution is 0.308. The lowest BCUT2D eigenvalue weighted by Gasteiger charge is -2.19. The third-order valence-corrected chi connectivity index (χ3v) is 5.71. The third-order valence-electron chi connectivity index (χ3n) is 4.41. The van der Waals surface area contributed by atoms with Crippen molar-refractivity contribution in [2.24, 2.45) is 0 Å². The van der Waals surface area contributed by atoms with E-state index in [0.717, 1.165) is 35.0 Å². The lowest BCUT2D eigenvalue weighted by atomic mass is 10.2. The van der Waals surface area contributed by atoms with E-state index in [-0.39, 0.29) is 0 Å². The van der Waals surface area contributed by atoms with Gasteiger partial charge in [-0.2, -0.15) is 0 Å². The summed E-state index contributed by atoms with van der Waals surface area (Å²) in [5.74, 6) is 1.78. The number of fused-ring (bicyclic) bond motifs is 1. The van der Waals surface area contributed by atoms with Crippen molar-refractivity contribution in [3.8, 4) is 5.75 Å². The molecule has 0 fully saturated rings. The van der Waals surface area contributed by atoms with Crippen molar-refractivity contribution in [3.63, 3.8) is 0 Å². The van der Waals surface area contributed by atoms with E-state index in [1.165, 1.54) is 4.88 Å². The molecular weight excluding hydrogens is 413 g/mol. The maximum atomic E-state index is 6.08. The van der Waals surface area contributed by atoms with E-state index in [9.17, 15) is 0 Å². The van der Waals surface area contributed by atoms with Crippen LogP contribution in [0.1, 0.15) is 16.1 Å². The zero-order valence-electron chi connectivity index (χ0n) is 15.5. The largest absolute Gasteiger partial charge is 0.485 e. The summed E-state index contributed by atoms with van der Waals surface area (Å²) in [5.41, 5.74) is 2.67. The maximum absolute atomic E-state index is 6.08. The van der Waals surface area contributed by atoms with Gasteiger partial charge in [-0.3, -0.25) is 4.40 Å². The van der Waals surface area contributed by atoms with E-state index >= 15 is 0 Å². The molecule has 0 saturated heterocycles. The van der Waals surface area contributed by atoms with Crippen LogP contribution in [0.3, 0.4) is 0 Å². The second-order valence-corrected chi connectivity index (χ2v) is 8.49. The number of aryl methyl sites for hydroxylation is 1. The molecule has 0 aliphatic rings. The van der Waals surface area contributed by atoms with Crippen molar-refractivity contribution in [2.75, 3.05) is 11.9 Å². The molecule has 4 nitrogen and oxygen atoms in total. The van der Waals surface area contributed by atoms with Gasteiger partial charge in [0.2, 0.25) is 0 Å². The fraction of sp³-hybridized carbons (Fsp3) is 0.190. The number of imidazole rings is 1. The number of ether oxygens (including phenoxy) is 1. The van der Waals surface area contributed by atoms with Crippen LogP contribution in [0.2, 0.25) is 10.0 Å². The van der Waals surface area contributed by atoms with E-state index in [1.807, 2.05) is 37.4 Å². The molecule has 4 aromatic rings. The molecule has 0 aliphatic heterocycles. The van der Waals surface area contributed by atoms with Crippen LogP contribution >= 0.6 is 34.5 Å². The molecule has 0 radical (unpaired) electrons. The standard InChI is InChI=1S/C21H19Cl2N3OS/c1-14-21(25(2)12-18-5-4-8-28-18)26-7-3-6-19(20(26)24-14)27-13-15-9-16(22)11-17(23)10-15/h3-11H,12-13H2,1-2H3. The van der Waals surface area contributed by atoms with Crippen molar-refractivity contribution in [1.29, 1.82) is 0 Å². The number of benzene rings is 1. The van der Waals surface area contributed by atoms with Gasteiger partial charge in [-0.15, -0.1) is 11.3 Å². The molecule has 0 unspecified atom stereocenters. The van der Waals surface area contributed by atoms with Gasteiger partial charge in [-0.05, 0) is 54.3 Å². The summed E-state index contributed by atoms with van der Waals surface area (Å²) in [5, 5.41) is 3.29. The molecule has 0 saturated carbocycles. The Morgan fingerprint density at radius 1 is 1.14 bits per heavy atom. The van der Waals surface area contributed by atoms with Crippen LogP contribution in [0.4, 0.5) is 5.82 Å². The van der Waals surface area contributed by atoms with E-state index in [0.29, 0.717) is 16.7 Å². The van der Waals surface area contributed by atoms with Gasteiger partial charge in [0.25, 0.3) is 0 Å². The van der Waals surface area contributed by atoms with Crippen LogP contribution in [0.5, 0.6) is 5.75 Å². The van der Waals surface area contributed by atoms with Gasteiger partial charge in [0.05, 0.1) is 12.2 Å². The molecule has 3 aromatic heterocycles. The summed E-state index contributed by atoms with van der Waals surface area (Å²) in [4.78, 5) is 8.28. The van der Waals surface area contributed by atoms with Gasteiger partial charge >= 0.3 is 0 Å². The van der Waals surface area contributed by atoms with Gasteiger partial charge in [-0.1, -0.05) is 29.3 Å². The zero-order chi connectivity index (χ0) is 19.7. The number of thiophene rings is 1. The SMILES string of the molecule is Cc1nc2c(OCc3cc(Cl)cc(Cl)c3)cccn2c1N(C)Cc1cccs1. The highest BCUT2D eigenvalue weighted by atomic mass is 35.5. The predicted octanol–water partition coefficient (Wildman–Crippen LogP) is 6.23. The summed E-state index contributed by atoms with van der Waals surface area (Å²) < 4.78 is 8.12. The molecule has 3 heterocycles. The molecule has 0 aliphatic carbocycles. The number of aromatic nitrogens is 2. The molecule has 0 spiro atoms. The van der Waals surface area contributed by atoms with E-state index in [4.69, 9.17) is 32.9 Å². The summed E-state index contributed by atoms with van der Waals surface area (Å²) in [6.45, 7) is 3.22. The van der Waals surface area contributed by atoms with Gasteiger partial charge in [0.1, 0.15) is 12.4 Å².